The van der Waals surface area contributed by atoms with E-state index in [0.717, 1.165) is 38.8 Å². The molecule has 0 unspecified atom stereocenters. The molecule has 0 radical (unpaired) electrons. The van der Waals surface area contributed by atoms with Gasteiger partial charge in [-0.25, -0.2) is 0 Å². The van der Waals surface area contributed by atoms with Gasteiger partial charge in [-0.15, -0.1) is 0 Å². The van der Waals surface area contributed by atoms with Gasteiger partial charge < -0.3 is 11.1 Å². The van der Waals surface area contributed by atoms with E-state index in [0.29, 0.717) is 10.7 Å². The van der Waals surface area contributed by atoms with E-state index in [2.05, 4.69) is 15.3 Å². The number of hydrogen-bond acceptors (Lipinski definition) is 4. The summed E-state index contributed by atoms with van der Waals surface area (Å²) in [6.45, 7) is 4.00. The predicted molar refractivity (Wildman–Crippen MR) is 93.4 cm³/mol. The maximum absolute atomic E-state index is 6.51. The highest BCUT2D eigenvalue weighted by Crippen LogP contribution is 2.40. The summed E-state index contributed by atoms with van der Waals surface area (Å²) < 4.78 is 0. The summed E-state index contributed by atoms with van der Waals surface area (Å²) in [4.78, 5) is 8.58. The Morgan fingerprint density at radius 2 is 1.86 bits per heavy atom. The Hall–Kier alpha value is -2.33. The third-order valence-electron chi connectivity index (χ3n) is 3.91. The van der Waals surface area contributed by atoms with E-state index < -0.39 is 0 Å². The fourth-order valence-electron chi connectivity index (χ4n) is 2.65. The van der Waals surface area contributed by atoms with Crippen LogP contribution in [0.5, 0.6) is 0 Å². The van der Waals surface area contributed by atoms with Crippen molar-refractivity contribution in [3.05, 3.63) is 47.0 Å². The highest BCUT2D eigenvalue weighted by molar-refractivity contribution is 6.37. The zero-order valence-corrected chi connectivity index (χ0v) is 13.5. The first-order chi connectivity index (χ1) is 10.5. The molecule has 1 aromatic carbocycles. The van der Waals surface area contributed by atoms with E-state index in [-0.39, 0.29) is 0 Å². The highest BCUT2D eigenvalue weighted by Gasteiger charge is 2.15. The lowest BCUT2D eigenvalue weighted by Crippen LogP contribution is -1.98. The van der Waals surface area contributed by atoms with Crippen molar-refractivity contribution in [2.24, 2.45) is 0 Å². The molecule has 0 saturated heterocycles. The molecule has 0 atom stereocenters. The summed E-state index contributed by atoms with van der Waals surface area (Å²) >= 11 is 6.51. The van der Waals surface area contributed by atoms with Crippen LogP contribution in [0.4, 0.5) is 11.4 Å². The zero-order valence-electron chi connectivity index (χ0n) is 12.7. The molecule has 3 rings (SSSR count). The monoisotopic (exact) mass is 312 g/mol. The fourth-order valence-corrected chi connectivity index (χ4v) is 2.91. The van der Waals surface area contributed by atoms with E-state index in [9.17, 15) is 0 Å². The Balaban J connectivity index is 2.34. The van der Waals surface area contributed by atoms with Crippen LogP contribution in [0.2, 0.25) is 5.02 Å². The van der Waals surface area contributed by atoms with Crippen LogP contribution >= 0.6 is 11.6 Å². The van der Waals surface area contributed by atoms with Gasteiger partial charge in [0, 0.05) is 41.6 Å². The number of nitrogens with zero attached hydrogens (tertiary/aromatic N) is 2. The number of anilines is 2. The minimum atomic E-state index is 0.538. The maximum Gasteiger partial charge on any atom is 0.0721 e. The lowest BCUT2D eigenvalue weighted by atomic mass is 9.98. The van der Waals surface area contributed by atoms with Gasteiger partial charge in [-0.3, -0.25) is 9.97 Å². The first-order valence-corrected chi connectivity index (χ1v) is 7.37. The van der Waals surface area contributed by atoms with Crippen LogP contribution in [-0.4, -0.2) is 17.0 Å². The van der Waals surface area contributed by atoms with Gasteiger partial charge in [0.05, 0.1) is 22.6 Å². The van der Waals surface area contributed by atoms with Gasteiger partial charge in [-0.2, -0.15) is 0 Å². The predicted octanol–water partition coefficient (Wildman–Crippen LogP) is 4.19. The Kier molecular flexibility index (Phi) is 3.62. The van der Waals surface area contributed by atoms with E-state index in [1.807, 2.05) is 39.2 Å². The van der Waals surface area contributed by atoms with Gasteiger partial charge in [-0.1, -0.05) is 11.6 Å². The van der Waals surface area contributed by atoms with Gasteiger partial charge in [-0.05, 0) is 36.9 Å². The molecule has 0 saturated carbocycles. The topological polar surface area (TPSA) is 63.8 Å². The van der Waals surface area contributed by atoms with Crippen LogP contribution in [0.3, 0.4) is 0 Å². The summed E-state index contributed by atoms with van der Waals surface area (Å²) in [5.41, 5.74) is 11.6. The van der Waals surface area contributed by atoms with E-state index in [1.54, 1.807) is 12.4 Å². The molecule has 4 nitrogen and oxygen atoms in total. The van der Waals surface area contributed by atoms with E-state index in [1.165, 1.54) is 0 Å². The van der Waals surface area contributed by atoms with E-state index in [4.69, 9.17) is 17.3 Å². The molecule has 2 heterocycles. The molecule has 3 aromatic rings. The summed E-state index contributed by atoms with van der Waals surface area (Å²) in [5.74, 6) is 0. The van der Waals surface area contributed by atoms with Crippen molar-refractivity contribution in [2.75, 3.05) is 18.1 Å². The van der Waals surface area contributed by atoms with Crippen molar-refractivity contribution in [1.29, 1.82) is 0 Å². The second-order valence-corrected chi connectivity index (χ2v) is 5.69. The lowest BCUT2D eigenvalue weighted by Gasteiger charge is -2.14. The van der Waals surface area contributed by atoms with Crippen molar-refractivity contribution in [3.8, 4) is 11.1 Å². The average Bonchev–Trinajstić information content (AvgIpc) is 2.51. The molecular formula is C17H17ClN4. The minimum Gasteiger partial charge on any atom is -0.397 e. The van der Waals surface area contributed by atoms with Crippen molar-refractivity contribution < 1.29 is 0 Å². The Bertz CT molecular complexity index is 874. The van der Waals surface area contributed by atoms with Crippen molar-refractivity contribution in [3.63, 3.8) is 0 Å². The fraction of sp³-hybridized carbons (Fsp3) is 0.176. The first kappa shape index (κ1) is 14.6. The molecule has 0 spiro atoms. The Morgan fingerprint density at radius 3 is 2.59 bits per heavy atom. The van der Waals surface area contributed by atoms with Crippen molar-refractivity contribution in [1.82, 2.24) is 9.97 Å². The minimum absolute atomic E-state index is 0.538. The number of pyridine rings is 2. The van der Waals surface area contributed by atoms with Gasteiger partial charge in [0.2, 0.25) is 0 Å². The molecule has 3 N–H and O–H groups in total. The van der Waals surface area contributed by atoms with Crippen molar-refractivity contribution >= 4 is 33.7 Å². The standard InChI is InChI=1S/C17H17ClN4/c1-9-4-11-5-12(16(18)17(19)14(11)7-22-9)13-6-21-8-15(20-3)10(13)2/h4-8,20H,19H2,1-3H3. The number of benzene rings is 1. The molecule has 0 aliphatic rings. The Morgan fingerprint density at radius 1 is 1.09 bits per heavy atom. The molecule has 0 aliphatic heterocycles. The summed E-state index contributed by atoms with van der Waals surface area (Å²) in [6, 6.07) is 4.06. The van der Waals surface area contributed by atoms with Crippen LogP contribution < -0.4 is 11.1 Å². The van der Waals surface area contributed by atoms with E-state index >= 15 is 0 Å². The average molecular weight is 313 g/mol. The van der Waals surface area contributed by atoms with Crippen LogP contribution in [-0.2, 0) is 0 Å². The molecule has 5 heteroatoms. The summed E-state index contributed by atoms with van der Waals surface area (Å²) in [7, 11) is 1.87. The third-order valence-corrected chi connectivity index (χ3v) is 4.32. The molecule has 22 heavy (non-hydrogen) atoms. The van der Waals surface area contributed by atoms with Crippen LogP contribution in [0.25, 0.3) is 21.9 Å². The second kappa shape index (κ2) is 5.46. The number of hydrogen-bond donors (Lipinski definition) is 2. The van der Waals surface area contributed by atoms with Gasteiger partial charge in [0.15, 0.2) is 0 Å². The normalized spacial score (nSPS) is 10.9. The quantitative estimate of drug-likeness (QED) is 0.696. The molecule has 0 aliphatic carbocycles. The van der Waals surface area contributed by atoms with Crippen LogP contribution in [0.15, 0.2) is 30.7 Å². The highest BCUT2D eigenvalue weighted by atomic mass is 35.5. The number of nitrogens with one attached hydrogen (secondary N) is 1. The Labute approximate surface area is 134 Å². The number of aryl methyl sites for hydroxylation is 1. The lowest BCUT2D eigenvalue weighted by molar-refractivity contribution is 1.22. The first-order valence-electron chi connectivity index (χ1n) is 7.00. The van der Waals surface area contributed by atoms with Gasteiger partial charge in [0.25, 0.3) is 0 Å². The number of nitrogens with two attached hydrogens (primary N) is 1. The third kappa shape index (κ3) is 2.25. The van der Waals surface area contributed by atoms with Gasteiger partial charge >= 0.3 is 0 Å². The molecule has 0 bridgehead atoms. The van der Waals surface area contributed by atoms with Gasteiger partial charge in [0.1, 0.15) is 0 Å². The smallest absolute Gasteiger partial charge is 0.0721 e. The number of rotatable bonds is 2. The number of halogens is 1. The second-order valence-electron chi connectivity index (χ2n) is 5.31. The molecule has 2 aromatic heterocycles. The zero-order chi connectivity index (χ0) is 15.9. The number of fused-ring (bicyclic) bond motifs is 1. The number of nitrogen functional groups attached to an aromatic ring is 1. The molecular weight excluding hydrogens is 296 g/mol. The molecule has 112 valence electrons. The summed E-state index contributed by atoms with van der Waals surface area (Å²) in [6.07, 6.45) is 5.38. The van der Waals surface area contributed by atoms with Crippen LogP contribution in [0.1, 0.15) is 11.3 Å². The number of aromatic nitrogens is 2. The maximum atomic E-state index is 6.51. The van der Waals surface area contributed by atoms with Crippen LogP contribution in [0, 0.1) is 13.8 Å². The SMILES string of the molecule is CNc1cncc(-c2cc3cc(C)ncc3c(N)c2Cl)c1C. The molecule has 0 fully saturated rings. The molecule has 0 amide bonds. The van der Waals surface area contributed by atoms with Crippen molar-refractivity contribution in [2.45, 2.75) is 13.8 Å². The summed E-state index contributed by atoms with van der Waals surface area (Å²) in [5, 5.41) is 5.57. The largest absolute Gasteiger partial charge is 0.397 e.